The summed E-state index contributed by atoms with van der Waals surface area (Å²) in [4.78, 5) is 21.2. The largest absolute Gasteiger partial charge is 0.508 e. The van der Waals surface area contributed by atoms with E-state index >= 15 is 0 Å². The van der Waals surface area contributed by atoms with Crippen LogP contribution in [0.4, 0.5) is 10.5 Å². The molecule has 0 bridgehead atoms. The fourth-order valence-electron chi connectivity index (χ4n) is 1.63. The number of aromatic hydroxyl groups is 1. The van der Waals surface area contributed by atoms with Crippen LogP contribution in [0.1, 0.15) is 11.6 Å². The Hall–Kier alpha value is -2.31. The van der Waals surface area contributed by atoms with Crippen molar-refractivity contribution in [3.05, 3.63) is 33.9 Å². The van der Waals surface area contributed by atoms with Crippen molar-refractivity contribution < 1.29 is 14.8 Å². The van der Waals surface area contributed by atoms with Gasteiger partial charge in [0, 0.05) is 12.6 Å². The predicted molar refractivity (Wildman–Crippen MR) is 54.0 cm³/mol. The van der Waals surface area contributed by atoms with Crippen molar-refractivity contribution in [1.29, 1.82) is 0 Å². The number of benzene rings is 1. The quantitative estimate of drug-likeness (QED) is 0.505. The molecule has 0 spiro atoms. The number of nitro benzene ring substituents is 1. The number of amides is 2. The summed E-state index contributed by atoms with van der Waals surface area (Å²) in [6, 6.07) is 2.89. The first-order chi connectivity index (χ1) is 7.58. The van der Waals surface area contributed by atoms with Crippen molar-refractivity contribution in [2.75, 3.05) is 6.54 Å². The van der Waals surface area contributed by atoms with Crippen LogP contribution < -0.4 is 10.6 Å². The molecule has 0 unspecified atom stereocenters. The Morgan fingerprint density at radius 2 is 2.25 bits per heavy atom. The summed E-state index contributed by atoms with van der Waals surface area (Å²) < 4.78 is 0. The van der Waals surface area contributed by atoms with Crippen LogP contribution in [0.5, 0.6) is 5.75 Å². The molecule has 1 atom stereocenters. The van der Waals surface area contributed by atoms with Gasteiger partial charge in [-0.1, -0.05) is 0 Å². The molecule has 84 valence electrons. The molecule has 1 aromatic carbocycles. The summed E-state index contributed by atoms with van der Waals surface area (Å²) in [5.41, 5.74) is 0.176. The van der Waals surface area contributed by atoms with Gasteiger partial charge < -0.3 is 15.7 Å². The van der Waals surface area contributed by atoms with Gasteiger partial charge in [-0.2, -0.15) is 0 Å². The summed E-state index contributed by atoms with van der Waals surface area (Å²) in [6.45, 7) is 0.267. The van der Waals surface area contributed by atoms with Gasteiger partial charge in [-0.3, -0.25) is 10.1 Å². The van der Waals surface area contributed by atoms with E-state index in [1.807, 2.05) is 0 Å². The molecule has 16 heavy (non-hydrogen) atoms. The Bertz CT molecular complexity index is 460. The Balaban J connectivity index is 2.41. The number of phenolic OH excluding ortho intramolecular Hbond substituents is 1. The van der Waals surface area contributed by atoms with Crippen LogP contribution >= 0.6 is 0 Å². The lowest BCUT2D eigenvalue weighted by Crippen LogP contribution is -2.22. The number of hydrogen-bond acceptors (Lipinski definition) is 4. The fourth-order valence-corrected chi connectivity index (χ4v) is 1.63. The van der Waals surface area contributed by atoms with Gasteiger partial charge in [0.05, 0.1) is 16.5 Å². The molecule has 1 heterocycles. The predicted octanol–water partition coefficient (Wildman–Crippen LogP) is 0.654. The third-order valence-corrected chi connectivity index (χ3v) is 2.36. The number of carbonyl (C=O) groups excluding carboxylic acids is 1. The third kappa shape index (κ3) is 1.74. The highest BCUT2D eigenvalue weighted by atomic mass is 16.6. The zero-order valence-electron chi connectivity index (χ0n) is 8.14. The number of carbonyl (C=O) groups is 1. The van der Waals surface area contributed by atoms with Crippen LogP contribution in [0, 0.1) is 10.1 Å². The first-order valence-corrected chi connectivity index (χ1v) is 4.59. The SMILES string of the molecule is O=C1NC[C@H](c2cc(O)ccc2[N+](=O)[O-])N1. The topological polar surface area (TPSA) is 104 Å². The smallest absolute Gasteiger partial charge is 0.315 e. The average Bonchev–Trinajstić information content (AvgIpc) is 2.64. The Labute approximate surface area is 90.2 Å². The van der Waals surface area contributed by atoms with Crippen molar-refractivity contribution in [3.63, 3.8) is 0 Å². The van der Waals surface area contributed by atoms with Crippen LogP contribution in [-0.4, -0.2) is 22.6 Å². The first-order valence-electron chi connectivity index (χ1n) is 4.59. The molecule has 1 saturated heterocycles. The van der Waals surface area contributed by atoms with E-state index in [9.17, 15) is 20.0 Å². The maximum atomic E-state index is 10.9. The number of nitrogens with zero attached hydrogens (tertiary/aromatic N) is 1. The van der Waals surface area contributed by atoms with E-state index in [1.54, 1.807) is 0 Å². The number of nitro groups is 1. The van der Waals surface area contributed by atoms with E-state index in [4.69, 9.17) is 0 Å². The molecule has 0 saturated carbocycles. The van der Waals surface area contributed by atoms with Crippen molar-refractivity contribution >= 4 is 11.7 Å². The monoisotopic (exact) mass is 223 g/mol. The molecular weight excluding hydrogens is 214 g/mol. The van der Waals surface area contributed by atoms with E-state index in [-0.39, 0.29) is 24.0 Å². The zero-order valence-corrected chi connectivity index (χ0v) is 8.14. The number of rotatable bonds is 2. The second-order valence-corrected chi connectivity index (χ2v) is 3.41. The van der Waals surface area contributed by atoms with Crippen molar-refractivity contribution in [2.24, 2.45) is 0 Å². The molecule has 7 nitrogen and oxygen atoms in total. The number of urea groups is 1. The lowest BCUT2D eigenvalue weighted by molar-refractivity contribution is -0.385. The molecule has 3 N–H and O–H groups in total. The van der Waals surface area contributed by atoms with E-state index in [2.05, 4.69) is 10.6 Å². The molecule has 2 amide bonds. The van der Waals surface area contributed by atoms with Gasteiger partial charge in [-0.25, -0.2) is 4.79 Å². The highest BCUT2D eigenvalue weighted by Crippen LogP contribution is 2.29. The van der Waals surface area contributed by atoms with Gasteiger partial charge >= 0.3 is 6.03 Å². The van der Waals surface area contributed by atoms with E-state index in [0.717, 1.165) is 0 Å². The van der Waals surface area contributed by atoms with Crippen LogP contribution in [0.2, 0.25) is 0 Å². The third-order valence-electron chi connectivity index (χ3n) is 2.36. The number of hydrogen-bond donors (Lipinski definition) is 3. The maximum Gasteiger partial charge on any atom is 0.315 e. The molecule has 1 fully saturated rings. The molecule has 1 aliphatic rings. The highest BCUT2D eigenvalue weighted by molar-refractivity contribution is 5.77. The number of phenols is 1. The summed E-state index contributed by atoms with van der Waals surface area (Å²) in [6.07, 6.45) is 0. The molecule has 0 radical (unpaired) electrons. The maximum absolute atomic E-state index is 10.9. The van der Waals surface area contributed by atoms with Crippen LogP contribution in [0.15, 0.2) is 18.2 Å². The Kier molecular flexibility index (Phi) is 2.35. The molecule has 7 heteroatoms. The average molecular weight is 223 g/mol. The lowest BCUT2D eigenvalue weighted by atomic mass is 10.1. The first kappa shape index (κ1) is 10.2. The molecular formula is C9H9N3O4. The highest BCUT2D eigenvalue weighted by Gasteiger charge is 2.28. The van der Waals surface area contributed by atoms with Gasteiger partial charge in [0.1, 0.15) is 5.75 Å². The molecule has 1 aromatic rings. The van der Waals surface area contributed by atoms with Crippen molar-refractivity contribution in [2.45, 2.75) is 6.04 Å². The fraction of sp³-hybridized carbons (Fsp3) is 0.222. The Morgan fingerprint density at radius 3 is 2.81 bits per heavy atom. The summed E-state index contributed by atoms with van der Waals surface area (Å²) in [5, 5.41) is 25.1. The van der Waals surface area contributed by atoms with E-state index in [0.29, 0.717) is 5.56 Å². The lowest BCUT2D eigenvalue weighted by Gasteiger charge is -2.09. The summed E-state index contributed by atoms with van der Waals surface area (Å²) >= 11 is 0. The van der Waals surface area contributed by atoms with Crippen LogP contribution in [0.3, 0.4) is 0 Å². The number of nitrogens with one attached hydrogen (secondary N) is 2. The van der Waals surface area contributed by atoms with Crippen molar-refractivity contribution in [1.82, 2.24) is 10.6 Å². The molecule has 2 rings (SSSR count). The molecule has 1 aliphatic heterocycles. The van der Waals surface area contributed by atoms with Gasteiger partial charge in [-0.05, 0) is 12.1 Å². The van der Waals surface area contributed by atoms with E-state index in [1.165, 1.54) is 18.2 Å². The van der Waals surface area contributed by atoms with Gasteiger partial charge in [0.2, 0.25) is 0 Å². The van der Waals surface area contributed by atoms with Crippen molar-refractivity contribution in [3.8, 4) is 5.75 Å². The zero-order chi connectivity index (χ0) is 11.7. The molecule has 0 aliphatic carbocycles. The summed E-state index contributed by atoms with van der Waals surface area (Å²) in [7, 11) is 0. The molecule has 0 aromatic heterocycles. The van der Waals surface area contributed by atoms with Gasteiger partial charge in [-0.15, -0.1) is 0 Å². The van der Waals surface area contributed by atoms with Gasteiger partial charge in [0.25, 0.3) is 5.69 Å². The second-order valence-electron chi connectivity index (χ2n) is 3.41. The Morgan fingerprint density at radius 1 is 1.50 bits per heavy atom. The summed E-state index contributed by atoms with van der Waals surface area (Å²) in [5.74, 6) is -0.0678. The second kappa shape index (κ2) is 3.69. The minimum atomic E-state index is -0.542. The van der Waals surface area contributed by atoms with Gasteiger partial charge in [0.15, 0.2) is 0 Å². The van der Waals surface area contributed by atoms with Crippen LogP contribution in [0.25, 0.3) is 0 Å². The normalized spacial score (nSPS) is 19.0. The van der Waals surface area contributed by atoms with Crippen LogP contribution in [-0.2, 0) is 0 Å². The minimum absolute atomic E-state index is 0.0678. The van der Waals surface area contributed by atoms with E-state index < -0.39 is 11.0 Å². The standard InChI is InChI=1S/C9H9N3O4/c13-5-1-2-8(12(15)16)6(3-5)7-4-10-9(14)11-7/h1-3,7,13H,4H2,(H2,10,11,14)/t7-/m1/s1. The minimum Gasteiger partial charge on any atom is -0.508 e.